The molecule has 4 amide bonds. The van der Waals surface area contributed by atoms with Gasteiger partial charge in [-0.25, -0.2) is 9.69 Å². The lowest BCUT2D eigenvalue weighted by molar-refractivity contribution is -0.384. The summed E-state index contributed by atoms with van der Waals surface area (Å²) < 4.78 is 0. The van der Waals surface area contributed by atoms with Gasteiger partial charge < -0.3 is 4.90 Å². The van der Waals surface area contributed by atoms with Crippen molar-refractivity contribution in [1.82, 2.24) is 5.32 Å². The maximum absolute atomic E-state index is 12.9. The third-order valence-corrected chi connectivity index (χ3v) is 4.38. The molecule has 0 aromatic heterocycles. The van der Waals surface area contributed by atoms with Gasteiger partial charge in [0.15, 0.2) is 0 Å². The van der Waals surface area contributed by atoms with Crippen molar-refractivity contribution in [1.29, 1.82) is 0 Å². The largest absolute Gasteiger partial charge is 0.372 e. The van der Waals surface area contributed by atoms with E-state index in [0.29, 0.717) is 16.9 Å². The zero-order valence-electron chi connectivity index (χ0n) is 16.0. The molecule has 9 heteroatoms. The molecule has 3 rings (SSSR count). The predicted octanol–water partition coefficient (Wildman–Crippen LogP) is 2.64. The molecule has 1 saturated heterocycles. The second kappa shape index (κ2) is 7.55. The summed E-state index contributed by atoms with van der Waals surface area (Å²) >= 11 is 0. The van der Waals surface area contributed by atoms with Gasteiger partial charge in [0.1, 0.15) is 11.3 Å². The highest BCUT2D eigenvalue weighted by molar-refractivity contribution is 6.39. The summed E-state index contributed by atoms with van der Waals surface area (Å²) in [5.41, 5.74) is 1.47. The Balaban J connectivity index is 2.04. The smallest absolute Gasteiger partial charge is 0.335 e. The highest BCUT2D eigenvalue weighted by atomic mass is 16.6. The Morgan fingerprint density at radius 1 is 1.07 bits per heavy atom. The summed E-state index contributed by atoms with van der Waals surface area (Å²) in [5.74, 6) is -1.66. The molecule has 0 unspecified atom stereocenters. The molecule has 1 aliphatic heterocycles. The lowest BCUT2D eigenvalue weighted by Gasteiger charge is -2.26. The Morgan fingerprint density at radius 2 is 1.72 bits per heavy atom. The molecule has 1 heterocycles. The highest BCUT2D eigenvalue weighted by Crippen LogP contribution is 2.29. The van der Waals surface area contributed by atoms with Gasteiger partial charge in [0.05, 0.1) is 10.6 Å². The van der Waals surface area contributed by atoms with Crippen LogP contribution in [0.5, 0.6) is 0 Å². The molecular formula is C20H18N4O5. The summed E-state index contributed by atoms with van der Waals surface area (Å²) in [6.07, 6.45) is 1.23. The summed E-state index contributed by atoms with van der Waals surface area (Å²) in [7, 11) is 3.34. The molecule has 9 nitrogen and oxygen atoms in total. The molecule has 148 valence electrons. The summed E-state index contributed by atoms with van der Waals surface area (Å²) in [5, 5.41) is 13.5. The number of aryl methyl sites for hydroxylation is 1. The normalized spacial score (nSPS) is 15.5. The van der Waals surface area contributed by atoms with Crippen LogP contribution in [0, 0.1) is 17.0 Å². The number of nitro groups is 1. The molecule has 1 aliphatic rings. The van der Waals surface area contributed by atoms with Gasteiger partial charge in [0.25, 0.3) is 17.5 Å². The number of carbonyl (C=O) groups excluding carboxylic acids is 3. The highest BCUT2D eigenvalue weighted by Gasteiger charge is 2.36. The number of benzene rings is 2. The van der Waals surface area contributed by atoms with E-state index in [0.717, 1.165) is 10.5 Å². The zero-order chi connectivity index (χ0) is 21.3. The monoisotopic (exact) mass is 394 g/mol. The number of rotatable bonds is 4. The van der Waals surface area contributed by atoms with Crippen molar-refractivity contribution in [2.24, 2.45) is 0 Å². The number of urea groups is 1. The first kappa shape index (κ1) is 19.7. The van der Waals surface area contributed by atoms with Gasteiger partial charge in [-0.1, -0.05) is 23.8 Å². The van der Waals surface area contributed by atoms with E-state index in [4.69, 9.17) is 0 Å². The maximum atomic E-state index is 12.9. The van der Waals surface area contributed by atoms with Gasteiger partial charge in [0.2, 0.25) is 0 Å². The van der Waals surface area contributed by atoms with Crippen LogP contribution < -0.4 is 15.1 Å². The number of nitro benzene ring substituents is 1. The van der Waals surface area contributed by atoms with Gasteiger partial charge in [-0.2, -0.15) is 0 Å². The molecule has 2 aromatic carbocycles. The van der Waals surface area contributed by atoms with E-state index in [9.17, 15) is 24.5 Å². The quantitative estimate of drug-likeness (QED) is 0.369. The Bertz CT molecular complexity index is 1060. The van der Waals surface area contributed by atoms with E-state index >= 15 is 0 Å². The van der Waals surface area contributed by atoms with Crippen LogP contribution in [-0.4, -0.2) is 36.9 Å². The minimum atomic E-state index is -0.859. The summed E-state index contributed by atoms with van der Waals surface area (Å²) in [4.78, 5) is 50.6. The lowest BCUT2D eigenvalue weighted by Crippen LogP contribution is -2.54. The summed E-state index contributed by atoms with van der Waals surface area (Å²) in [6.45, 7) is 1.86. The first-order valence-corrected chi connectivity index (χ1v) is 8.63. The van der Waals surface area contributed by atoms with E-state index in [1.54, 1.807) is 49.3 Å². The van der Waals surface area contributed by atoms with Crippen LogP contribution in [-0.2, 0) is 9.59 Å². The van der Waals surface area contributed by atoms with Crippen molar-refractivity contribution in [3.8, 4) is 0 Å². The molecule has 29 heavy (non-hydrogen) atoms. The fourth-order valence-corrected chi connectivity index (χ4v) is 2.91. The number of barbiturate groups is 1. The molecule has 0 aliphatic carbocycles. The van der Waals surface area contributed by atoms with Crippen LogP contribution in [0.3, 0.4) is 0 Å². The second-order valence-corrected chi connectivity index (χ2v) is 6.69. The Morgan fingerprint density at radius 3 is 2.31 bits per heavy atom. The van der Waals surface area contributed by atoms with E-state index in [1.807, 2.05) is 6.92 Å². The van der Waals surface area contributed by atoms with Crippen LogP contribution >= 0.6 is 0 Å². The van der Waals surface area contributed by atoms with Crippen LogP contribution in [0.25, 0.3) is 6.08 Å². The van der Waals surface area contributed by atoms with Crippen molar-refractivity contribution in [2.75, 3.05) is 23.9 Å². The molecule has 1 fully saturated rings. The van der Waals surface area contributed by atoms with Gasteiger partial charge in [0, 0.05) is 20.2 Å². The average molecular weight is 394 g/mol. The van der Waals surface area contributed by atoms with Gasteiger partial charge in [-0.3, -0.25) is 25.0 Å². The van der Waals surface area contributed by atoms with E-state index in [-0.39, 0.29) is 11.3 Å². The lowest BCUT2D eigenvalue weighted by atomic mass is 10.1. The van der Waals surface area contributed by atoms with E-state index < -0.39 is 22.8 Å². The Labute approximate surface area is 166 Å². The number of carbonyl (C=O) groups is 3. The van der Waals surface area contributed by atoms with E-state index in [2.05, 4.69) is 5.32 Å². The van der Waals surface area contributed by atoms with Gasteiger partial charge >= 0.3 is 6.03 Å². The molecule has 0 saturated carbocycles. The third-order valence-electron chi connectivity index (χ3n) is 4.38. The molecule has 0 spiro atoms. The second-order valence-electron chi connectivity index (χ2n) is 6.69. The number of imide groups is 2. The van der Waals surface area contributed by atoms with Crippen molar-refractivity contribution < 1.29 is 19.3 Å². The zero-order valence-corrected chi connectivity index (χ0v) is 16.0. The maximum Gasteiger partial charge on any atom is 0.335 e. The topological polar surface area (TPSA) is 113 Å². The Kier molecular flexibility index (Phi) is 5.14. The number of nitrogens with one attached hydrogen (secondary N) is 1. The number of anilines is 2. The molecular weight excluding hydrogens is 376 g/mol. The number of hydrogen-bond donors (Lipinski definition) is 1. The van der Waals surface area contributed by atoms with E-state index in [1.165, 1.54) is 18.2 Å². The minimum absolute atomic E-state index is 0.167. The number of amides is 4. The molecule has 1 N–H and O–H groups in total. The van der Waals surface area contributed by atoms with Crippen LogP contribution in [0.4, 0.5) is 21.9 Å². The van der Waals surface area contributed by atoms with Crippen molar-refractivity contribution in [3.63, 3.8) is 0 Å². The van der Waals surface area contributed by atoms with Crippen LogP contribution in [0.1, 0.15) is 11.1 Å². The first-order valence-electron chi connectivity index (χ1n) is 8.63. The fraction of sp³-hybridized carbons (Fsp3) is 0.150. The van der Waals surface area contributed by atoms with Gasteiger partial charge in [-0.15, -0.1) is 0 Å². The molecule has 2 aromatic rings. The van der Waals surface area contributed by atoms with Crippen molar-refractivity contribution >= 4 is 41.0 Å². The van der Waals surface area contributed by atoms with Gasteiger partial charge in [-0.05, 0) is 36.8 Å². The standard InChI is InChI=1S/C20H18N4O5/c1-12-4-7-14(8-5-12)23-19(26)15(18(25)21-20(23)27)10-13-6-9-16(22(2)3)17(11-13)24(28)29/h4-11H,1-3H3,(H,21,25,27). The molecule has 0 atom stereocenters. The third kappa shape index (κ3) is 3.84. The average Bonchev–Trinajstić information content (AvgIpc) is 2.66. The Hall–Kier alpha value is -4.01. The SMILES string of the molecule is Cc1ccc(N2C(=O)NC(=O)C(=Cc3ccc(N(C)C)c([N+](=O)[O-])c3)C2=O)cc1. The van der Waals surface area contributed by atoms with Crippen LogP contribution in [0.15, 0.2) is 48.0 Å². The molecule has 0 bridgehead atoms. The summed E-state index contributed by atoms with van der Waals surface area (Å²) in [6, 6.07) is 10.2. The van der Waals surface area contributed by atoms with Crippen molar-refractivity contribution in [2.45, 2.75) is 6.92 Å². The van der Waals surface area contributed by atoms with Crippen molar-refractivity contribution in [3.05, 3.63) is 69.3 Å². The fourth-order valence-electron chi connectivity index (χ4n) is 2.91. The molecule has 0 radical (unpaired) electrons. The minimum Gasteiger partial charge on any atom is -0.372 e. The number of hydrogen-bond acceptors (Lipinski definition) is 6. The first-order chi connectivity index (χ1) is 13.7. The van der Waals surface area contributed by atoms with Crippen LogP contribution in [0.2, 0.25) is 0 Å². The predicted molar refractivity (Wildman–Crippen MR) is 108 cm³/mol. The number of nitrogens with zero attached hydrogens (tertiary/aromatic N) is 3.